The lowest BCUT2D eigenvalue weighted by Crippen LogP contribution is -2.12. The summed E-state index contributed by atoms with van der Waals surface area (Å²) in [6.07, 6.45) is 0.944. The minimum atomic E-state index is -0.255. The molecule has 2 N–H and O–H groups in total. The molecule has 0 radical (unpaired) electrons. The highest BCUT2D eigenvalue weighted by atomic mass is 16.5. The van der Waals surface area contributed by atoms with Crippen LogP contribution in [0.2, 0.25) is 0 Å². The Hall–Kier alpha value is -3.02. The van der Waals surface area contributed by atoms with Crippen LogP contribution in [0.25, 0.3) is 0 Å². The van der Waals surface area contributed by atoms with Crippen molar-refractivity contribution < 1.29 is 19.1 Å². The van der Waals surface area contributed by atoms with Gasteiger partial charge in [-0.1, -0.05) is 13.8 Å². The fourth-order valence-corrected chi connectivity index (χ4v) is 2.38. The fourth-order valence-electron chi connectivity index (χ4n) is 2.38. The Balaban J connectivity index is 2.04. The summed E-state index contributed by atoms with van der Waals surface area (Å²) in [4.78, 5) is 23.5. The number of ether oxygens (including phenoxy) is 2. The molecule has 2 amide bonds. The molecular formula is C21H26N2O4. The summed E-state index contributed by atoms with van der Waals surface area (Å²) in [5.74, 6) is 1.30. The number of nitrogens with one attached hydrogen (secondary N) is 2. The molecule has 0 aliphatic carbocycles. The van der Waals surface area contributed by atoms with Gasteiger partial charge >= 0.3 is 0 Å². The Kier molecular flexibility index (Phi) is 7.23. The molecule has 0 spiro atoms. The number of hydrogen-bond donors (Lipinski definition) is 2. The van der Waals surface area contributed by atoms with E-state index in [1.165, 1.54) is 6.92 Å². The Morgan fingerprint density at radius 3 is 2.15 bits per heavy atom. The lowest BCUT2D eigenvalue weighted by Gasteiger charge is -2.13. The van der Waals surface area contributed by atoms with E-state index in [1.807, 2.05) is 0 Å². The second-order valence-corrected chi connectivity index (χ2v) is 6.61. The molecule has 0 saturated heterocycles. The number of benzene rings is 2. The number of rotatable bonds is 8. The van der Waals surface area contributed by atoms with Crippen LogP contribution in [0.15, 0.2) is 42.5 Å². The quantitative estimate of drug-likeness (QED) is 0.725. The first-order valence-corrected chi connectivity index (χ1v) is 8.89. The third-order valence-corrected chi connectivity index (χ3v) is 3.84. The van der Waals surface area contributed by atoms with Gasteiger partial charge in [0.05, 0.1) is 13.7 Å². The van der Waals surface area contributed by atoms with Gasteiger partial charge in [-0.25, -0.2) is 0 Å². The molecule has 0 saturated carbocycles. The molecule has 0 atom stereocenters. The van der Waals surface area contributed by atoms with E-state index in [4.69, 9.17) is 9.47 Å². The predicted molar refractivity (Wildman–Crippen MR) is 107 cm³/mol. The zero-order valence-electron chi connectivity index (χ0n) is 16.2. The van der Waals surface area contributed by atoms with Gasteiger partial charge in [0.1, 0.15) is 0 Å². The molecule has 0 heterocycles. The van der Waals surface area contributed by atoms with E-state index in [-0.39, 0.29) is 11.8 Å². The lowest BCUT2D eigenvalue weighted by atomic mass is 10.1. The molecule has 6 nitrogen and oxygen atoms in total. The standard InChI is InChI=1S/C21H26N2O4/c1-14(2)11-12-27-19-10-5-16(13-20(19)26-4)21(25)23-18-8-6-17(7-9-18)22-15(3)24/h5-10,13-14H,11-12H2,1-4H3,(H,22,24)(H,23,25). The second kappa shape index (κ2) is 9.62. The highest BCUT2D eigenvalue weighted by Gasteiger charge is 2.12. The first-order chi connectivity index (χ1) is 12.9. The number of anilines is 2. The summed E-state index contributed by atoms with van der Waals surface area (Å²) >= 11 is 0. The van der Waals surface area contributed by atoms with Crippen LogP contribution in [0.4, 0.5) is 11.4 Å². The fraction of sp³-hybridized carbons (Fsp3) is 0.333. The molecule has 0 aliphatic heterocycles. The summed E-state index contributed by atoms with van der Waals surface area (Å²) in [7, 11) is 1.55. The maximum atomic E-state index is 12.5. The van der Waals surface area contributed by atoms with Gasteiger partial charge < -0.3 is 20.1 Å². The normalized spacial score (nSPS) is 10.4. The second-order valence-electron chi connectivity index (χ2n) is 6.61. The first-order valence-electron chi connectivity index (χ1n) is 8.89. The van der Waals surface area contributed by atoms with Crippen LogP contribution >= 0.6 is 0 Å². The largest absolute Gasteiger partial charge is 0.493 e. The third kappa shape index (κ3) is 6.33. The summed E-state index contributed by atoms with van der Waals surface area (Å²) < 4.78 is 11.1. The smallest absolute Gasteiger partial charge is 0.255 e. The Morgan fingerprint density at radius 1 is 0.963 bits per heavy atom. The van der Waals surface area contributed by atoms with Crippen LogP contribution in [0, 0.1) is 5.92 Å². The van der Waals surface area contributed by atoms with Crippen molar-refractivity contribution in [1.82, 2.24) is 0 Å². The molecule has 144 valence electrons. The van der Waals surface area contributed by atoms with E-state index < -0.39 is 0 Å². The van der Waals surface area contributed by atoms with Crippen molar-refractivity contribution in [3.63, 3.8) is 0 Å². The predicted octanol–water partition coefficient (Wildman–Crippen LogP) is 4.33. The van der Waals surface area contributed by atoms with Crippen molar-refractivity contribution in [3.8, 4) is 11.5 Å². The minimum Gasteiger partial charge on any atom is -0.493 e. The first kappa shape index (κ1) is 20.3. The molecule has 0 bridgehead atoms. The summed E-state index contributed by atoms with van der Waals surface area (Å²) in [6.45, 7) is 6.31. The van der Waals surface area contributed by atoms with Crippen molar-refractivity contribution >= 4 is 23.2 Å². The molecule has 2 aromatic rings. The van der Waals surface area contributed by atoms with Crippen LogP contribution in [0.1, 0.15) is 37.6 Å². The molecule has 2 aromatic carbocycles. The summed E-state index contributed by atoms with van der Waals surface area (Å²) in [5, 5.41) is 5.50. The van der Waals surface area contributed by atoms with Crippen LogP contribution < -0.4 is 20.1 Å². The third-order valence-electron chi connectivity index (χ3n) is 3.84. The Morgan fingerprint density at radius 2 is 1.59 bits per heavy atom. The minimum absolute atomic E-state index is 0.144. The van der Waals surface area contributed by atoms with Gasteiger partial charge in [-0.3, -0.25) is 9.59 Å². The zero-order chi connectivity index (χ0) is 19.8. The SMILES string of the molecule is COc1cc(C(=O)Nc2ccc(NC(C)=O)cc2)ccc1OCCC(C)C. The van der Waals surface area contributed by atoms with E-state index >= 15 is 0 Å². The zero-order valence-corrected chi connectivity index (χ0v) is 16.2. The Bertz CT molecular complexity index is 785. The molecule has 0 aliphatic rings. The Labute approximate surface area is 159 Å². The van der Waals surface area contributed by atoms with E-state index in [0.29, 0.717) is 41.0 Å². The molecule has 6 heteroatoms. The number of carbonyl (C=O) groups is 2. The van der Waals surface area contributed by atoms with Gasteiger partial charge in [0.2, 0.25) is 5.91 Å². The monoisotopic (exact) mass is 370 g/mol. The van der Waals surface area contributed by atoms with Gasteiger partial charge in [0.15, 0.2) is 11.5 Å². The molecule has 0 fully saturated rings. The summed E-state index contributed by atoms with van der Waals surface area (Å²) in [6, 6.07) is 12.0. The maximum Gasteiger partial charge on any atom is 0.255 e. The van der Waals surface area contributed by atoms with Crippen molar-refractivity contribution in [3.05, 3.63) is 48.0 Å². The van der Waals surface area contributed by atoms with Gasteiger partial charge in [-0.2, -0.15) is 0 Å². The van der Waals surface area contributed by atoms with E-state index in [0.717, 1.165) is 6.42 Å². The van der Waals surface area contributed by atoms with Crippen molar-refractivity contribution in [2.45, 2.75) is 27.2 Å². The molecule has 0 unspecified atom stereocenters. The number of amides is 2. The van der Waals surface area contributed by atoms with Gasteiger partial charge in [0, 0.05) is 23.9 Å². The van der Waals surface area contributed by atoms with E-state index in [2.05, 4.69) is 24.5 Å². The van der Waals surface area contributed by atoms with E-state index in [9.17, 15) is 9.59 Å². The van der Waals surface area contributed by atoms with Gasteiger partial charge in [-0.15, -0.1) is 0 Å². The average Bonchev–Trinajstić information content (AvgIpc) is 2.62. The van der Waals surface area contributed by atoms with Gasteiger partial charge in [-0.05, 0) is 54.8 Å². The maximum absolute atomic E-state index is 12.5. The van der Waals surface area contributed by atoms with Crippen molar-refractivity contribution in [2.24, 2.45) is 5.92 Å². The molecule has 27 heavy (non-hydrogen) atoms. The molecular weight excluding hydrogens is 344 g/mol. The van der Waals surface area contributed by atoms with Crippen LogP contribution in [0.3, 0.4) is 0 Å². The van der Waals surface area contributed by atoms with Crippen LogP contribution in [-0.2, 0) is 4.79 Å². The van der Waals surface area contributed by atoms with Crippen LogP contribution in [-0.4, -0.2) is 25.5 Å². The topological polar surface area (TPSA) is 76.7 Å². The highest BCUT2D eigenvalue weighted by molar-refractivity contribution is 6.04. The average molecular weight is 370 g/mol. The van der Waals surface area contributed by atoms with Crippen molar-refractivity contribution in [1.29, 1.82) is 0 Å². The molecule has 0 aromatic heterocycles. The van der Waals surface area contributed by atoms with Crippen LogP contribution in [0.5, 0.6) is 11.5 Å². The highest BCUT2D eigenvalue weighted by Crippen LogP contribution is 2.29. The summed E-state index contributed by atoms with van der Waals surface area (Å²) in [5.41, 5.74) is 1.77. The van der Waals surface area contributed by atoms with E-state index in [1.54, 1.807) is 49.6 Å². The van der Waals surface area contributed by atoms with Gasteiger partial charge in [0.25, 0.3) is 5.91 Å². The number of methoxy groups -OCH3 is 1. The number of carbonyl (C=O) groups excluding carboxylic acids is 2. The van der Waals surface area contributed by atoms with Crippen molar-refractivity contribution in [2.75, 3.05) is 24.4 Å². The molecule has 2 rings (SSSR count). The number of hydrogen-bond acceptors (Lipinski definition) is 4. The lowest BCUT2D eigenvalue weighted by molar-refractivity contribution is -0.114.